The molecule has 1 aromatic carbocycles. The predicted octanol–water partition coefficient (Wildman–Crippen LogP) is 3.94. The number of fused-ring (bicyclic) bond motifs is 1. The Morgan fingerprint density at radius 2 is 1.52 bits per heavy atom. The zero-order valence-electron chi connectivity index (χ0n) is 12.8. The van der Waals surface area contributed by atoms with Crippen molar-refractivity contribution in [1.29, 1.82) is 0 Å². The summed E-state index contributed by atoms with van der Waals surface area (Å²) >= 11 is 0. The largest absolute Gasteiger partial charge is 0.416 e. The van der Waals surface area contributed by atoms with Gasteiger partial charge in [-0.25, -0.2) is 0 Å². The van der Waals surface area contributed by atoms with Crippen LogP contribution in [0.4, 0.5) is 18.9 Å². The van der Waals surface area contributed by atoms with Crippen LogP contribution >= 0.6 is 0 Å². The van der Waals surface area contributed by atoms with E-state index < -0.39 is 35.4 Å². The Labute approximate surface area is 131 Å². The molecule has 1 aromatic rings. The maximum atomic E-state index is 12.9. The number of amides is 2. The van der Waals surface area contributed by atoms with Gasteiger partial charge in [0.15, 0.2) is 0 Å². The molecule has 2 amide bonds. The Balaban J connectivity index is 1.97. The Bertz CT molecular complexity index is 689. The van der Waals surface area contributed by atoms with Crippen molar-refractivity contribution in [1.82, 2.24) is 0 Å². The van der Waals surface area contributed by atoms with Crippen LogP contribution in [0.2, 0.25) is 0 Å². The van der Waals surface area contributed by atoms with Gasteiger partial charge in [0.25, 0.3) is 0 Å². The van der Waals surface area contributed by atoms with Crippen molar-refractivity contribution >= 4 is 17.5 Å². The number of hydrogen-bond acceptors (Lipinski definition) is 2. The molecule has 0 N–H and O–H groups in total. The minimum absolute atomic E-state index is 0.000434. The third kappa shape index (κ3) is 2.56. The second kappa shape index (κ2) is 5.22. The molecule has 1 aliphatic heterocycles. The first-order valence-electron chi connectivity index (χ1n) is 7.40. The molecule has 0 bridgehead atoms. The minimum atomic E-state index is -4.51. The second-order valence-electron chi connectivity index (χ2n) is 6.24. The van der Waals surface area contributed by atoms with E-state index in [1.807, 2.05) is 13.8 Å². The van der Waals surface area contributed by atoms with E-state index in [0.717, 1.165) is 28.2 Å². The van der Waals surface area contributed by atoms with Gasteiger partial charge >= 0.3 is 6.18 Å². The molecule has 122 valence electrons. The van der Waals surface area contributed by atoms with Crippen LogP contribution in [-0.2, 0) is 15.8 Å². The summed E-state index contributed by atoms with van der Waals surface area (Å²) in [5.74, 6) is -1.71. The van der Waals surface area contributed by atoms with Gasteiger partial charge < -0.3 is 0 Å². The summed E-state index contributed by atoms with van der Waals surface area (Å²) in [7, 11) is 0. The number of nitrogens with zero attached hydrogens (tertiary/aromatic N) is 1. The molecular weight excluding hydrogens is 307 g/mol. The molecule has 1 heterocycles. The number of carbonyl (C=O) groups is 2. The SMILES string of the molecule is CC1=C(C)C[C@H]2C(=O)N(c3cccc(C(F)(F)F)c3)C(=O)[C@H]2C1. The molecule has 1 fully saturated rings. The normalized spacial score (nSPS) is 25.2. The minimum Gasteiger partial charge on any atom is -0.274 e. The maximum absolute atomic E-state index is 12.9. The summed E-state index contributed by atoms with van der Waals surface area (Å²) < 4.78 is 38.6. The Hall–Kier alpha value is -2.11. The first-order chi connectivity index (χ1) is 10.7. The number of allylic oxidation sites excluding steroid dienone is 2. The number of halogens is 3. The summed E-state index contributed by atoms with van der Waals surface area (Å²) in [6.45, 7) is 3.85. The van der Waals surface area contributed by atoms with E-state index in [1.165, 1.54) is 12.1 Å². The summed E-state index contributed by atoms with van der Waals surface area (Å²) in [5.41, 5.74) is 1.30. The molecular formula is C17H16F3NO2. The van der Waals surface area contributed by atoms with Gasteiger partial charge in [-0.2, -0.15) is 13.2 Å². The van der Waals surface area contributed by atoms with Crippen LogP contribution < -0.4 is 4.90 Å². The Morgan fingerprint density at radius 3 is 2.00 bits per heavy atom. The van der Waals surface area contributed by atoms with Gasteiger partial charge in [0, 0.05) is 0 Å². The maximum Gasteiger partial charge on any atom is 0.416 e. The molecule has 1 aliphatic carbocycles. The summed E-state index contributed by atoms with van der Waals surface area (Å²) in [5, 5.41) is 0. The number of imide groups is 1. The van der Waals surface area contributed by atoms with Crippen molar-refractivity contribution < 1.29 is 22.8 Å². The van der Waals surface area contributed by atoms with E-state index in [1.54, 1.807) is 0 Å². The molecule has 0 unspecified atom stereocenters. The lowest BCUT2D eigenvalue weighted by Crippen LogP contribution is -2.31. The van der Waals surface area contributed by atoms with Gasteiger partial charge in [-0.05, 0) is 44.9 Å². The number of carbonyl (C=O) groups excluding carboxylic acids is 2. The molecule has 3 nitrogen and oxygen atoms in total. The van der Waals surface area contributed by atoms with Crippen molar-refractivity contribution in [2.24, 2.45) is 11.8 Å². The number of benzene rings is 1. The van der Waals surface area contributed by atoms with Crippen LogP contribution in [0.15, 0.2) is 35.4 Å². The topological polar surface area (TPSA) is 37.4 Å². The molecule has 0 saturated carbocycles. The van der Waals surface area contributed by atoms with Crippen LogP contribution in [0.1, 0.15) is 32.3 Å². The number of rotatable bonds is 1. The highest BCUT2D eigenvalue weighted by atomic mass is 19.4. The molecule has 0 spiro atoms. The number of hydrogen-bond donors (Lipinski definition) is 0. The molecule has 23 heavy (non-hydrogen) atoms. The summed E-state index contributed by atoms with van der Waals surface area (Å²) in [6, 6.07) is 4.38. The second-order valence-corrected chi connectivity index (χ2v) is 6.24. The zero-order chi connectivity index (χ0) is 16.9. The third-order valence-corrected chi connectivity index (χ3v) is 4.77. The standard InChI is InChI=1S/C17H16F3NO2/c1-9-6-13-14(7-10(9)2)16(23)21(15(13)22)12-5-3-4-11(8-12)17(18,19)20/h3-5,8,13-14H,6-7H2,1-2H3/t13-,14+. The fourth-order valence-electron chi connectivity index (χ4n) is 3.33. The van der Waals surface area contributed by atoms with Crippen LogP contribution in [-0.4, -0.2) is 11.8 Å². The lowest BCUT2D eigenvalue weighted by molar-refractivity contribution is -0.137. The highest BCUT2D eigenvalue weighted by Gasteiger charge is 2.49. The fourth-order valence-corrected chi connectivity index (χ4v) is 3.33. The van der Waals surface area contributed by atoms with E-state index >= 15 is 0 Å². The Morgan fingerprint density at radius 1 is 1.00 bits per heavy atom. The van der Waals surface area contributed by atoms with Gasteiger partial charge in [0.2, 0.25) is 11.8 Å². The van der Waals surface area contributed by atoms with Crippen molar-refractivity contribution in [3.8, 4) is 0 Å². The van der Waals surface area contributed by atoms with Crippen molar-refractivity contribution in [3.63, 3.8) is 0 Å². The first kappa shape index (κ1) is 15.8. The highest BCUT2D eigenvalue weighted by molar-refractivity contribution is 6.22. The lowest BCUT2D eigenvalue weighted by atomic mass is 9.78. The van der Waals surface area contributed by atoms with Crippen LogP contribution in [0.5, 0.6) is 0 Å². The molecule has 6 heteroatoms. The van der Waals surface area contributed by atoms with E-state index in [2.05, 4.69) is 0 Å². The first-order valence-corrected chi connectivity index (χ1v) is 7.40. The zero-order valence-corrected chi connectivity index (χ0v) is 12.8. The molecule has 0 radical (unpaired) electrons. The van der Waals surface area contributed by atoms with E-state index in [-0.39, 0.29) is 5.69 Å². The van der Waals surface area contributed by atoms with Gasteiger partial charge in [-0.15, -0.1) is 0 Å². The van der Waals surface area contributed by atoms with Gasteiger partial charge in [-0.1, -0.05) is 17.2 Å². The fraction of sp³-hybridized carbons (Fsp3) is 0.412. The monoisotopic (exact) mass is 323 g/mol. The number of anilines is 1. The molecule has 0 aromatic heterocycles. The third-order valence-electron chi connectivity index (χ3n) is 4.77. The van der Waals surface area contributed by atoms with Gasteiger partial charge in [-0.3, -0.25) is 14.5 Å². The van der Waals surface area contributed by atoms with E-state index in [9.17, 15) is 22.8 Å². The van der Waals surface area contributed by atoms with Crippen molar-refractivity contribution in [2.45, 2.75) is 32.9 Å². The lowest BCUT2D eigenvalue weighted by Gasteiger charge is -2.23. The van der Waals surface area contributed by atoms with E-state index in [4.69, 9.17) is 0 Å². The predicted molar refractivity (Wildman–Crippen MR) is 78.5 cm³/mol. The quantitative estimate of drug-likeness (QED) is 0.580. The molecule has 1 saturated heterocycles. The summed E-state index contributed by atoms with van der Waals surface area (Å²) in [6.07, 6.45) is -3.52. The average Bonchev–Trinajstić information content (AvgIpc) is 2.71. The van der Waals surface area contributed by atoms with E-state index in [0.29, 0.717) is 12.8 Å². The van der Waals surface area contributed by atoms with Crippen LogP contribution in [0.3, 0.4) is 0 Å². The Kier molecular flexibility index (Phi) is 3.58. The van der Waals surface area contributed by atoms with Crippen molar-refractivity contribution in [3.05, 3.63) is 41.0 Å². The molecule has 2 aliphatic rings. The van der Waals surface area contributed by atoms with Crippen molar-refractivity contribution in [2.75, 3.05) is 4.90 Å². The van der Waals surface area contributed by atoms with Crippen LogP contribution in [0, 0.1) is 11.8 Å². The average molecular weight is 323 g/mol. The van der Waals surface area contributed by atoms with Gasteiger partial charge in [0.1, 0.15) is 0 Å². The summed E-state index contributed by atoms with van der Waals surface area (Å²) in [4.78, 5) is 26.1. The highest BCUT2D eigenvalue weighted by Crippen LogP contribution is 2.43. The molecule has 2 atom stereocenters. The number of alkyl halides is 3. The van der Waals surface area contributed by atoms with Crippen LogP contribution in [0.25, 0.3) is 0 Å². The molecule has 3 rings (SSSR count). The van der Waals surface area contributed by atoms with Gasteiger partial charge in [0.05, 0.1) is 23.1 Å². The smallest absolute Gasteiger partial charge is 0.274 e.